The lowest BCUT2D eigenvalue weighted by molar-refractivity contribution is 0.102. The lowest BCUT2D eigenvalue weighted by Gasteiger charge is -2.12. The van der Waals surface area contributed by atoms with Gasteiger partial charge in [-0.25, -0.2) is 17.5 Å². The van der Waals surface area contributed by atoms with Crippen molar-refractivity contribution in [3.8, 4) is 0 Å². The molecule has 27 heavy (non-hydrogen) atoms. The second-order valence-corrected chi connectivity index (χ2v) is 8.30. The molecule has 3 rings (SSSR count). The van der Waals surface area contributed by atoms with Crippen LogP contribution in [0.25, 0.3) is 0 Å². The molecule has 1 aliphatic rings. The van der Waals surface area contributed by atoms with Crippen molar-refractivity contribution < 1.29 is 22.3 Å². The van der Waals surface area contributed by atoms with Crippen LogP contribution in [0.3, 0.4) is 0 Å². The molecule has 2 N–H and O–H groups in total. The van der Waals surface area contributed by atoms with Gasteiger partial charge in [0.2, 0.25) is 10.0 Å². The van der Waals surface area contributed by atoms with Crippen LogP contribution in [0.15, 0.2) is 47.4 Å². The average Bonchev–Trinajstić information content (AvgIpc) is 3.15. The third-order valence-corrected chi connectivity index (χ3v) is 5.77. The summed E-state index contributed by atoms with van der Waals surface area (Å²) in [5, 5.41) is 2.78. The molecule has 1 amide bonds. The third kappa shape index (κ3) is 5.04. The number of hydrogen-bond donors (Lipinski definition) is 2. The maximum Gasteiger partial charge on any atom is 0.255 e. The van der Waals surface area contributed by atoms with Gasteiger partial charge in [-0.2, -0.15) is 0 Å². The Labute approximate surface area is 161 Å². The van der Waals surface area contributed by atoms with Crippen LogP contribution in [0, 0.1) is 5.82 Å². The number of nitrogens with one attached hydrogen (secondary N) is 2. The quantitative estimate of drug-likeness (QED) is 0.763. The van der Waals surface area contributed by atoms with E-state index in [0.717, 1.165) is 18.9 Å². The molecule has 2 aromatic carbocycles. The van der Waals surface area contributed by atoms with Crippen LogP contribution in [0.5, 0.6) is 0 Å². The van der Waals surface area contributed by atoms with Gasteiger partial charge < -0.3 is 10.1 Å². The normalized spacial score (nSPS) is 17.0. The van der Waals surface area contributed by atoms with E-state index >= 15 is 0 Å². The standard InChI is InChI=1S/C18H18ClFN2O4S/c19-13-4-1-3-12(9-13)18(23)22-17-7-6-15(10-16(17)20)27(24,25)21-11-14-5-2-8-26-14/h1,3-4,6-7,9-10,14,21H,2,5,8,11H2,(H,22,23). The van der Waals surface area contributed by atoms with Gasteiger partial charge in [-0.15, -0.1) is 0 Å². The van der Waals surface area contributed by atoms with Crippen LogP contribution in [0.4, 0.5) is 10.1 Å². The van der Waals surface area contributed by atoms with Gasteiger partial charge >= 0.3 is 0 Å². The minimum absolute atomic E-state index is 0.127. The lowest BCUT2D eigenvalue weighted by atomic mass is 10.2. The van der Waals surface area contributed by atoms with E-state index in [1.54, 1.807) is 12.1 Å². The molecule has 0 saturated carbocycles. The molecule has 1 atom stereocenters. The summed E-state index contributed by atoms with van der Waals surface area (Å²) in [6.45, 7) is 0.749. The van der Waals surface area contributed by atoms with Crippen molar-refractivity contribution in [3.05, 3.63) is 58.9 Å². The zero-order valence-electron chi connectivity index (χ0n) is 14.2. The number of carbonyl (C=O) groups excluding carboxylic acids is 1. The van der Waals surface area contributed by atoms with Crippen molar-refractivity contribution in [3.63, 3.8) is 0 Å². The number of anilines is 1. The first kappa shape index (κ1) is 19.8. The lowest BCUT2D eigenvalue weighted by Crippen LogP contribution is -2.31. The second kappa shape index (κ2) is 8.35. The number of rotatable bonds is 6. The van der Waals surface area contributed by atoms with E-state index in [2.05, 4.69) is 10.0 Å². The first-order valence-electron chi connectivity index (χ1n) is 8.33. The summed E-state index contributed by atoms with van der Waals surface area (Å²) >= 11 is 5.83. The third-order valence-electron chi connectivity index (χ3n) is 4.11. The Kier molecular flexibility index (Phi) is 6.11. The average molecular weight is 413 g/mol. The van der Waals surface area contributed by atoms with Crippen LogP contribution in [0.1, 0.15) is 23.2 Å². The van der Waals surface area contributed by atoms with Crippen LogP contribution < -0.4 is 10.0 Å². The second-order valence-electron chi connectivity index (χ2n) is 6.09. The molecule has 9 heteroatoms. The highest BCUT2D eigenvalue weighted by Crippen LogP contribution is 2.21. The first-order chi connectivity index (χ1) is 12.8. The van der Waals surface area contributed by atoms with Crippen LogP contribution in [-0.4, -0.2) is 33.6 Å². The SMILES string of the molecule is O=C(Nc1ccc(S(=O)(=O)NCC2CCCO2)cc1F)c1cccc(Cl)c1. The fourth-order valence-electron chi connectivity index (χ4n) is 2.68. The highest BCUT2D eigenvalue weighted by atomic mass is 35.5. The minimum atomic E-state index is -3.87. The monoisotopic (exact) mass is 412 g/mol. The number of hydrogen-bond acceptors (Lipinski definition) is 4. The van der Waals surface area contributed by atoms with E-state index in [1.165, 1.54) is 24.3 Å². The first-order valence-corrected chi connectivity index (χ1v) is 10.2. The largest absolute Gasteiger partial charge is 0.377 e. The maximum absolute atomic E-state index is 14.3. The highest BCUT2D eigenvalue weighted by Gasteiger charge is 2.21. The van der Waals surface area contributed by atoms with Gasteiger partial charge in [0.15, 0.2) is 0 Å². The molecule has 1 heterocycles. The molecule has 0 aromatic heterocycles. The molecular weight excluding hydrogens is 395 g/mol. The number of benzene rings is 2. The van der Waals surface area contributed by atoms with Crippen molar-refractivity contribution in [2.45, 2.75) is 23.8 Å². The van der Waals surface area contributed by atoms with Gasteiger partial charge in [0.05, 0.1) is 16.7 Å². The molecule has 0 radical (unpaired) electrons. The number of carbonyl (C=O) groups is 1. The summed E-state index contributed by atoms with van der Waals surface area (Å²) in [7, 11) is -3.87. The summed E-state index contributed by atoms with van der Waals surface area (Å²) in [6.07, 6.45) is 1.51. The Morgan fingerprint density at radius 2 is 2.07 bits per heavy atom. The van der Waals surface area contributed by atoms with Crippen LogP contribution in [-0.2, 0) is 14.8 Å². The van der Waals surface area contributed by atoms with E-state index in [9.17, 15) is 17.6 Å². The summed E-state index contributed by atoms with van der Waals surface area (Å²) < 4.78 is 46.7. The molecule has 6 nitrogen and oxygen atoms in total. The number of ether oxygens (including phenoxy) is 1. The number of amides is 1. The molecule has 1 saturated heterocycles. The minimum Gasteiger partial charge on any atom is -0.377 e. The van der Waals surface area contributed by atoms with Gasteiger partial charge in [-0.1, -0.05) is 17.7 Å². The topological polar surface area (TPSA) is 84.5 Å². The zero-order chi connectivity index (χ0) is 19.4. The predicted octanol–water partition coefficient (Wildman–Crippen LogP) is 3.19. The van der Waals surface area contributed by atoms with E-state index in [1.807, 2.05) is 0 Å². The van der Waals surface area contributed by atoms with Crippen molar-refractivity contribution in [2.75, 3.05) is 18.5 Å². The molecule has 144 valence electrons. The molecule has 0 bridgehead atoms. The summed E-state index contributed by atoms with van der Waals surface area (Å²) in [5.41, 5.74) is 0.134. The van der Waals surface area contributed by atoms with Crippen LogP contribution >= 0.6 is 11.6 Å². The maximum atomic E-state index is 14.3. The summed E-state index contributed by atoms with van der Waals surface area (Å²) in [5.74, 6) is -1.41. The van der Waals surface area contributed by atoms with E-state index in [0.29, 0.717) is 11.6 Å². The van der Waals surface area contributed by atoms with E-state index < -0.39 is 21.7 Å². The summed E-state index contributed by atoms with van der Waals surface area (Å²) in [4.78, 5) is 11.9. The van der Waals surface area contributed by atoms with Gasteiger partial charge in [-0.05, 0) is 49.2 Å². The molecule has 1 unspecified atom stereocenters. The number of halogens is 2. The van der Waals surface area contributed by atoms with Gasteiger partial charge in [0.1, 0.15) is 5.82 Å². The van der Waals surface area contributed by atoms with Gasteiger partial charge in [-0.3, -0.25) is 4.79 Å². The molecule has 0 aliphatic carbocycles. The van der Waals surface area contributed by atoms with Gasteiger partial charge in [0, 0.05) is 23.7 Å². The molecule has 0 spiro atoms. The van der Waals surface area contributed by atoms with Gasteiger partial charge in [0.25, 0.3) is 5.91 Å². The molecule has 1 fully saturated rings. The predicted molar refractivity (Wildman–Crippen MR) is 100.0 cm³/mol. The Bertz CT molecular complexity index is 946. The summed E-state index contributed by atoms with van der Waals surface area (Å²) in [6, 6.07) is 9.50. The molecule has 2 aromatic rings. The van der Waals surface area contributed by atoms with Crippen molar-refractivity contribution in [1.82, 2.24) is 4.72 Å². The van der Waals surface area contributed by atoms with Crippen molar-refractivity contribution in [1.29, 1.82) is 0 Å². The van der Waals surface area contributed by atoms with Crippen molar-refractivity contribution in [2.24, 2.45) is 0 Å². The van der Waals surface area contributed by atoms with E-state index in [4.69, 9.17) is 16.3 Å². The highest BCUT2D eigenvalue weighted by molar-refractivity contribution is 7.89. The van der Waals surface area contributed by atoms with Crippen molar-refractivity contribution >= 4 is 33.2 Å². The zero-order valence-corrected chi connectivity index (χ0v) is 15.8. The van der Waals surface area contributed by atoms with Crippen LogP contribution in [0.2, 0.25) is 5.02 Å². The van der Waals surface area contributed by atoms with E-state index in [-0.39, 0.29) is 28.8 Å². The Morgan fingerprint density at radius 1 is 1.26 bits per heavy atom. The fraction of sp³-hybridized carbons (Fsp3) is 0.278. The number of sulfonamides is 1. The Hall–Kier alpha value is -2.00. The molecule has 1 aliphatic heterocycles. The Balaban J connectivity index is 1.70. The Morgan fingerprint density at radius 3 is 2.74 bits per heavy atom. The smallest absolute Gasteiger partial charge is 0.255 e. The fourth-order valence-corrected chi connectivity index (χ4v) is 3.95. The molecular formula is C18H18ClFN2O4S.